The molecule has 0 amide bonds. The molecule has 0 atom stereocenters. The van der Waals surface area contributed by atoms with Gasteiger partial charge in [-0.15, -0.1) is 0 Å². The van der Waals surface area contributed by atoms with Crippen LogP contribution in [0, 0.1) is 18.3 Å². The Morgan fingerprint density at radius 2 is 1.86 bits per heavy atom. The molecule has 2 aromatic rings. The fourth-order valence-electron chi connectivity index (χ4n) is 1.69. The average Bonchev–Trinajstić information content (AvgIpc) is 2.40. The summed E-state index contributed by atoms with van der Waals surface area (Å²) >= 11 is 6.52. The number of hydrogen-bond acceptors (Lipinski definition) is 3. The van der Waals surface area contributed by atoms with Gasteiger partial charge in [0.25, 0.3) is 10.0 Å². The van der Waals surface area contributed by atoms with Crippen LogP contribution in [0.3, 0.4) is 0 Å². The molecule has 0 aliphatic carbocycles. The Balaban J connectivity index is 2.45. The van der Waals surface area contributed by atoms with E-state index in [-0.39, 0.29) is 4.90 Å². The van der Waals surface area contributed by atoms with Crippen LogP contribution in [-0.2, 0) is 10.0 Å². The molecule has 0 aliphatic heterocycles. The first kappa shape index (κ1) is 16.0. The van der Waals surface area contributed by atoms with Crippen LogP contribution in [-0.4, -0.2) is 8.42 Å². The van der Waals surface area contributed by atoms with E-state index in [1.165, 1.54) is 12.1 Å². The van der Waals surface area contributed by atoms with Crippen molar-refractivity contribution in [3.63, 3.8) is 0 Å². The Hall–Kier alpha value is -1.36. The van der Waals surface area contributed by atoms with Crippen LogP contribution in [0.2, 0.25) is 0 Å². The molecule has 2 rings (SSSR count). The number of nitrogens with zero attached hydrogens (tertiary/aromatic N) is 1. The summed E-state index contributed by atoms with van der Waals surface area (Å²) in [6, 6.07) is 11.7. The first-order chi connectivity index (χ1) is 9.83. The molecule has 0 heterocycles. The van der Waals surface area contributed by atoms with E-state index in [4.69, 9.17) is 5.26 Å². The zero-order chi connectivity index (χ0) is 15.6. The molecule has 0 saturated carbocycles. The van der Waals surface area contributed by atoms with E-state index in [9.17, 15) is 8.42 Å². The van der Waals surface area contributed by atoms with Crippen molar-refractivity contribution in [2.45, 2.75) is 11.8 Å². The monoisotopic (exact) mass is 428 g/mol. The van der Waals surface area contributed by atoms with Gasteiger partial charge in [-0.2, -0.15) is 5.26 Å². The minimum absolute atomic E-state index is 0.132. The normalized spacial score (nSPS) is 11.0. The molecule has 0 bridgehead atoms. The molecule has 0 aromatic heterocycles. The maximum Gasteiger partial charge on any atom is 0.263 e. The molecule has 0 unspecified atom stereocenters. The van der Waals surface area contributed by atoms with Crippen molar-refractivity contribution in [1.82, 2.24) is 0 Å². The standard InChI is InChI=1S/C14H10Br2N2O2S/c1-9-2-3-10(8-17)6-13(9)18-21(19,20)14-5-4-11(15)7-12(14)16/h2-7,18H,1H3. The molecule has 2 aromatic carbocycles. The lowest BCUT2D eigenvalue weighted by molar-refractivity contribution is 0.600. The van der Waals surface area contributed by atoms with Crippen LogP contribution in [0.1, 0.15) is 11.1 Å². The SMILES string of the molecule is Cc1ccc(C#N)cc1NS(=O)(=O)c1ccc(Br)cc1Br. The number of sulfonamides is 1. The quantitative estimate of drug-likeness (QED) is 0.794. The van der Waals surface area contributed by atoms with Crippen LogP contribution in [0.15, 0.2) is 50.2 Å². The van der Waals surface area contributed by atoms with Gasteiger partial charge in [0, 0.05) is 8.95 Å². The zero-order valence-electron chi connectivity index (χ0n) is 10.9. The summed E-state index contributed by atoms with van der Waals surface area (Å²) in [6.45, 7) is 1.77. The second-order valence-corrected chi connectivity index (χ2v) is 7.74. The molecule has 4 nitrogen and oxygen atoms in total. The van der Waals surface area contributed by atoms with Crippen LogP contribution < -0.4 is 4.72 Å². The molecule has 0 aliphatic rings. The van der Waals surface area contributed by atoms with E-state index in [1.807, 2.05) is 6.07 Å². The Kier molecular flexibility index (Phi) is 4.71. The molecular weight excluding hydrogens is 420 g/mol. The van der Waals surface area contributed by atoms with Gasteiger partial charge < -0.3 is 0 Å². The number of rotatable bonds is 3. The van der Waals surface area contributed by atoms with E-state index in [0.717, 1.165) is 10.0 Å². The molecule has 0 radical (unpaired) electrons. The predicted octanol–water partition coefficient (Wildman–Crippen LogP) is 4.19. The summed E-state index contributed by atoms with van der Waals surface area (Å²) < 4.78 is 28.6. The van der Waals surface area contributed by atoms with Gasteiger partial charge in [-0.1, -0.05) is 22.0 Å². The highest BCUT2D eigenvalue weighted by Gasteiger charge is 2.19. The van der Waals surface area contributed by atoms with Gasteiger partial charge >= 0.3 is 0 Å². The Bertz CT molecular complexity index is 843. The van der Waals surface area contributed by atoms with E-state index in [0.29, 0.717) is 15.7 Å². The molecule has 0 saturated heterocycles. The lowest BCUT2D eigenvalue weighted by atomic mass is 10.1. The molecule has 21 heavy (non-hydrogen) atoms. The molecular formula is C14H10Br2N2O2S. The third-order valence-electron chi connectivity index (χ3n) is 2.79. The fourth-order valence-corrected chi connectivity index (χ4v) is 4.56. The minimum Gasteiger partial charge on any atom is -0.279 e. The zero-order valence-corrected chi connectivity index (χ0v) is 14.9. The number of hydrogen-bond donors (Lipinski definition) is 1. The lowest BCUT2D eigenvalue weighted by Gasteiger charge is -2.12. The summed E-state index contributed by atoms with van der Waals surface area (Å²) in [5.41, 5.74) is 1.53. The number of benzene rings is 2. The summed E-state index contributed by atoms with van der Waals surface area (Å²) in [5, 5.41) is 8.90. The lowest BCUT2D eigenvalue weighted by Crippen LogP contribution is -2.14. The predicted molar refractivity (Wildman–Crippen MR) is 88.5 cm³/mol. The first-order valence-electron chi connectivity index (χ1n) is 5.82. The van der Waals surface area contributed by atoms with Gasteiger partial charge in [0.2, 0.25) is 0 Å². The highest BCUT2D eigenvalue weighted by Crippen LogP contribution is 2.28. The number of nitrogens with one attached hydrogen (secondary N) is 1. The third-order valence-corrected chi connectivity index (χ3v) is 5.63. The largest absolute Gasteiger partial charge is 0.279 e. The minimum atomic E-state index is -3.74. The number of halogens is 2. The Labute approximate surface area is 140 Å². The van der Waals surface area contributed by atoms with E-state index in [1.54, 1.807) is 31.2 Å². The smallest absolute Gasteiger partial charge is 0.263 e. The highest BCUT2D eigenvalue weighted by molar-refractivity contribution is 9.11. The number of nitriles is 1. The molecule has 1 N–H and O–H groups in total. The summed E-state index contributed by atoms with van der Waals surface area (Å²) in [5.74, 6) is 0. The van der Waals surface area contributed by atoms with E-state index in [2.05, 4.69) is 36.6 Å². The fraction of sp³-hybridized carbons (Fsp3) is 0.0714. The number of aryl methyl sites for hydroxylation is 1. The van der Waals surface area contributed by atoms with Crippen LogP contribution >= 0.6 is 31.9 Å². The molecule has 0 spiro atoms. The van der Waals surface area contributed by atoms with Gasteiger partial charge in [0.05, 0.1) is 17.3 Å². The van der Waals surface area contributed by atoms with E-state index < -0.39 is 10.0 Å². The average molecular weight is 430 g/mol. The second-order valence-electron chi connectivity index (χ2n) is 4.32. The second kappa shape index (κ2) is 6.18. The van der Waals surface area contributed by atoms with Crippen LogP contribution in [0.25, 0.3) is 0 Å². The Morgan fingerprint density at radius 1 is 1.14 bits per heavy atom. The van der Waals surface area contributed by atoms with Crippen LogP contribution in [0.4, 0.5) is 5.69 Å². The Morgan fingerprint density at radius 3 is 2.48 bits per heavy atom. The first-order valence-corrected chi connectivity index (χ1v) is 8.89. The van der Waals surface area contributed by atoms with Gasteiger partial charge in [0.15, 0.2) is 0 Å². The summed E-state index contributed by atoms with van der Waals surface area (Å²) in [7, 11) is -3.74. The van der Waals surface area contributed by atoms with Crippen molar-refractivity contribution >= 4 is 47.6 Å². The summed E-state index contributed by atoms with van der Waals surface area (Å²) in [6.07, 6.45) is 0. The van der Waals surface area contributed by atoms with Crippen molar-refractivity contribution in [1.29, 1.82) is 5.26 Å². The molecule has 108 valence electrons. The number of anilines is 1. The third kappa shape index (κ3) is 3.64. The molecule has 0 fully saturated rings. The van der Waals surface area contributed by atoms with Gasteiger partial charge in [-0.25, -0.2) is 8.42 Å². The topological polar surface area (TPSA) is 70.0 Å². The van der Waals surface area contributed by atoms with Gasteiger partial charge in [0.1, 0.15) is 4.90 Å². The maximum atomic E-state index is 12.4. The summed E-state index contributed by atoms with van der Waals surface area (Å²) in [4.78, 5) is 0.132. The molecule has 7 heteroatoms. The van der Waals surface area contributed by atoms with Crippen molar-refractivity contribution in [2.75, 3.05) is 4.72 Å². The van der Waals surface area contributed by atoms with Crippen LogP contribution in [0.5, 0.6) is 0 Å². The van der Waals surface area contributed by atoms with Gasteiger partial charge in [-0.05, 0) is 58.7 Å². The maximum absolute atomic E-state index is 12.4. The highest BCUT2D eigenvalue weighted by atomic mass is 79.9. The van der Waals surface area contributed by atoms with Crippen molar-refractivity contribution < 1.29 is 8.42 Å². The van der Waals surface area contributed by atoms with Gasteiger partial charge in [-0.3, -0.25) is 4.72 Å². The van der Waals surface area contributed by atoms with Crippen molar-refractivity contribution in [2.24, 2.45) is 0 Å². The van der Waals surface area contributed by atoms with Crippen molar-refractivity contribution in [3.8, 4) is 6.07 Å². The van der Waals surface area contributed by atoms with E-state index >= 15 is 0 Å². The van der Waals surface area contributed by atoms with Crippen molar-refractivity contribution in [3.05, 3.63) is 56.5 Å².